The molecule has 2 aliphatic rings. The molecule has 2 heterocycles. The summed E-state index contributed by atoms with van der Waals surface area (Å²) >= 11 is 0. The second kappa shape index (κ2) is 6.29. The van der Waals surface area contributed by atoms with Crippen molar-refractivity contribution in [2.24, 2.45) is 0 Å². The van der Waals surface area contributed by atoms with Gasteiger partial charge in [0.2, 0.25) is 0 Å². The first-order chi connectivity index (χ1) is 12.8. The fourth-order valence-corrected chi connectivity index (χ4v) is 4.34. The molecule has 1 aliphatic carbocycles. The third-order valence-corrected chi connectivity index (χ3v) is 5.64. The minimum Gasteiger partial charge on any atom is -0.346 e. The summed E-state index contributed by atoms with van der Waals surface area (Å²) in [6.45, 7) is 4.10. The summed E-state index contributed by atoms with van der Waals surface area (Å²) in [6.07, 6.45) is 2.15. The van der Waals surface area contributed by atoms with E-state index in [0.29, 0.717) is 17.2 Å². The standard InChI is InChI=1S/C21H21F3N2O/c1-12-9-14(13(2)26(12)16-5-3-4-6-16)10-18-17-8-7-15(21(22,23)24)11-19(17)25-20(18)27/h7-11,16H,3-6H2,1-2H3,(H,25,27)/b18-10+. The summed E-state index contributed by atoms with van der Waals surface area (Å²) in [5, 5.41) is 2.56. The van der Waals surface area contributed by atoms with Crippen molar-refractivity contribution in [1.82, 2.24) is 4.57 Å². The molecule has 0 bridgehead atoms. The average molecular weight is 374 g/mol. The second-order valence-corrected chi connectivity index (χ2v) is 7.41. The molecular weight excluding hydrogens is 353 g/mol. The molecule has 1 aromatic heterocycles. The van der Waals surface area contributed by atoms with E-state index in [0.717, 1.165) is 41.9 Å². The maximum atomic E-state index is 12.9. The number of nitrogens with zero attached hydrogens (tertiary/aromatic N) is 1. The van der Waals surface area contributed by atoms with Gasteiger partial charge in [0.1, 0.15) is 0 Å². The number of alkyl halides is 3. The lowest BCUT2D eigenvalue weighted by atomic mass is 10.0. The number of aromatic nitrogens is 1. The Kier molecular flexibility index (Phi) is 4.17. The number of carbonyl (C=O) groups is 1. The highest BCUT2D eigenvalue weighted by Crippen LogP contribution is 2.39. The smallest absolute Gasteiger partial charge is 0.346 e. The molecule has 0 radical (unpaired) electrons. The lowest BCUT2D eigenvalue weighted by Gasteiger charge is -2.17. The zero-order chi connectivity index (χ0) is 19.3. The Morgan fingerprint density at radius 1 is 1.15 bits per heavy atom. The van der Waals surface area contributed by atoms with Crippen LogP contribution in [0.2, 0.25) is 0 Å². The molecule has 142 valence electrons. The van der Waals surface area contributed by atoms with Crippen molar-refractivity contribution in [3.05, 3.63) is 52.3 Å². The first kappa shape index (κ1) is 17.9. The molecule has 6 heteroatoms. The quantitative estimate of drug-likeness (QED) is 0.669. The van der Waals surface area contributed by atoms with E-state index >= 15 is 0 Å². The number of amides is 1. The van der Waals surface area contributed by atoms with Crippen molar-refractivity contribution in [3.63, 3.8) is 0 Å². The van der Waals surface area contributed by atoms with Crippen LogP contribution in [0.5, 0.6) is 0 Å². The molecular formula is C21H21F3N2O. The third-order valence-electron chi connectivity index (χ3n) is 5.64. The Bertz CT molecular complexity index is 947. The predicted molar refractivity (Wildman–Crippen MR) is 99.4 cm³/mol. The Morgan fingerprint density at radius 2 is 1.85 bits per heavy atom. The Labute approximate surface area is 155 Å². The van der Waals surface area contributed by atoms with Gasteiger partial charge in [-0.05, 0) is 56.5 Å². The molecule has 0 atom stereocenters. The zero-order valence-corrected chi connectivity index (χ0v) is 15.3. The fraction of sp³-hybridized carbons (Fsp3) is 0.381. The van der Waals surface area contributed by atoms with E-state index < -0.39 is 11.7 Å². The van der Waals surface area contributed by atoms with Crippen molar-refractivity contribution in [2.75, 3.05) is 5.32 Å². The molecule has 0 spiro atoms. The number of hydrogen-bond acceptors (Lipinski definition) is 1. The number of carbonyl (C=O) groups excluding carboxylic acids is 1. The predicted octanol–water partition coefficient (Wildman–Crippen LogP) is 5.73. The van der Waals surface area contributed by atoms with Gasteiger partial charge in [0, 0.05) is 34.3 Å². The minimum atomic E-state index is -4.43. The summed E-state index contributed by atoms with van der Waals surface area (Å²) < 4.78 is 41.1. The van der Waals surface area contributed by atoms with Crippen LogP contribution in [0.3, 0.4) is 0 Å². The summed E-state index contributed by atoms with van der Waals surface area (Å²) in [6, 6.07) is 5.94. The van der Waals surface area contributed by atoms with E-state index in [1.165, 1.54) is 18.9 Å². The van der Waals surface area contributed by atoms with Gasteiger partial charge in [-0.3, -0.25) is 4.79 Å². The van der Waals surface area contributed by atoms with Crippen LogP contribution in [0.4, 0.5) is 18.9 Å². The van der Waals surface area contributed by atoms with Gasteiger partial charge in [-0.1, -0.05) is 18.9 Å². The first-order valence-corrected chi connectivity index (χ1v) is 9.19. The number of hydrogen-bond donors (Lipinski definition) is 1. The maximum absolute atomic E-state index is 12.9. The van der Waals surface area contributed by atoms with Gasteiger partial charge in [-0.25, -0.2) is 0 Å². The Balaban J connectivity index is 1.74. The summed E-state index contributed by atoms with van der Waals surface area (Å²) in [5.74, 6) is -0.366. The fourth-order valence-electron chi connectivity index (χ4n) is 4.34. The molecule has 1 aromatic carbocycles. The van der Waals surface area contributed by atoms with Crippen LogP contribution in [0.25, 0.3) is 11.6 Å². The van der Waals surface area contributed by atoms with Crippen LogP contribution in [-0.4, -0.2) is 10.5 Å². The molecule has 27 heavy (non-hydrogen) atoms. The van der Waals surface area contributed by atoms with E-state index in [-0.39, 0.29) is 11.6 Å². The van der Waals surface area contributed by atoms with Crippen LogP contribution < -0.4 is 5.32 Å². The van der Waals surface area contributed by atoms with Gasteiger partial charge in [0.05, 0.1) is 5.56 Å². The normalized spacial score (nSPS) is 19.0. The largest absolute Gasteiger partial charge is 0.416 e. The van der Waals surface area contributed by atoms with Crippen molar-refractivity contribution >= 4 is 23.2 Å². The number of anilines is 1. The highest BCUT2D eigenvalue weighted by molar-refractivity contribution is 6.35. The van der Waals surface area contributed by atoms with Crippen LogP contribution in [0, 0.1) is 13.8 Å². The number of halogens is 3. The van der Waals surface area contributed by atoms with E-state index in [1.807, 2.05) is 6.92 Å². The number of nitrogens with one attached hydrogen (secondary N) is 1. The van der Waals surface area contributed by atoms with Gasteiger partial charge >= 0.3 is 6.18 Å². The molecule has 0 unspecified atom stereocenters. The molecule has 2 aromatic rings. The van der Waals surface area contributed by atoms with E-state index in [9.17, 15) is 18.0 Å². The highest BCUT2D eigenvalue weighted by Gasteiger charge is 2.33. The summed E-state index contributed by atoms with van der Waals surface area (Å²) in [4.78, 5) is 12.4. The van der Waals surface area contributed by atoms with Crippen molar-refractivity contribution in [1.29, 1.82) is 0 Å². The zero-order valence-electron chi connectivity index (χ0n) is 15.3. The van der Waals surface area contributed by atoms with Crippen LogP contribution in [-0.2, 0) is 11.0 Å². The molecule has 4 rings (SSSR count). The van der Waals surface area contributed by atoms with Gasteiger partial charge in [0.15, 0.2) is 0 Å². The number of aryl methyl sites for hydroxylation is 1. The summed E-state index contributed by atoms with van der Waals surface area (Å²) in [7, 11) is 0. The number of benzene rings is 1. The third kappa shape index (κ3) is 3.07. The molecule has 1 aliphatic heterocycles. The van der Waals surface area contributed by atoms with Gasteiger partial charge in [-0.15, -0.1) is 0 Å². The molecule has 1 amide bonds. The van der Waals surface area contributed by atoms with Crippen molar-refractivity contribution in [2.45, 2.75) is 51.7 Å². The summed E-state index contributed by atoms with van der Waals surface area (Å²) in [5.41, 5.74) is 3.56. The lowest BCUT2D eigenvalue weighted by Crippen LogP contribution is -2.08. The molecule has 1 N–H and O–H groups in total. The Morgan fingerprint density at radius 3 is 2.52 bits per heavy atom. The van der Waals surface area contributed by atoms with Gasteiger partial charge < -0.3 is 9.88 Å². The van der Waals surface area contributed by atoms with Crippen LogP contribution >= 0.6 is 0 Å². The van der Waals surface area contributed by atoms with Gasteiger partial charge in [0.25, 0.3) is 5.91 Å². The highest BCUT2D eigenvalue weighted by atomic mass is 19.4. The number of fused-ring (bicyclic) bond motifs is 1. The van der Waals surface area contributed by atoms with Crippen LogP contribution in [0.1, 0.15) is 59.8 Å². The van der Waals surface area contributed by atoms with E-state index in [4.69, 9.17) is 0 Å². The maximum Gasteiger partial charge on any atom is 0.416 e. The molecule has 1 saturated carbocycles. The first-order valence-electron chi connectivity index (χ1n) is 9.19. The minimum absolute atomic E-state index is 0.214. The van der Waals surface area contributed by atoms with Gasteiger partial charge in [-0.2, -0.15) is 13.2 Å². The topological polar surface area (TPSA) is 34.0 Å². The average Bonchev–Trinajstić information content (AvgIpc) is 3.27. The van der Waals surface area contributed by atoms with Crippen molar-refractivity contribution < 1.29 is 18.0 Å². The van der Waals surface area contributed by atoms with E-state index in [1.54, 1.807) is 6.08 Å². The SMILES string of the molecule is Cc1cc(/C=C2/C(=O)Nc3cc(C(F)(F)F)ccc32)c(C)n1C1CCCC1. The molecule has 0 saturated heterocycles. The van der Waals surface area contributed by atoms with Crippen molar-refractivity contribution in [3.8, 4) is 0 Å². The molecule has 1 fully saturated rings. The van der Waals surface area contributed by atoms with E-state index in [2.05, 4.69) is 22.9 Å². The van der Waals surface area contributed by atoms with Crippen LogP contribution in [0.15, 0.2) is 24.3 Å². The Hall–Kier alpha value is -2.50. The number of rotatable bonds is 2. The second-order valence-electron chi connectivity index (χ2n) is 7.41. The molecule has 3 nitrogen and oxygen atoms in total. The lowest BCUT2D eigenvalue weighted by molar-refractivity contribution is -0.137. The monoisotopic (exact) mass is 374 g/mol.